The molecule has 1 spiro atoms. The van der Waals surface area contributed by atoms with Crippen LogP contribution in [0.15, 0.2) is 42.0 Å². The van der Waals surface area contributed by atoms with Gasteiger partial charge in [0.25, 0.3) is 0 Å². The van der Waals surface area contributed by atoms with Gasteiger partial charge in [-0.25, -0.2) is 14.4 Å². The monoisotopic (exact) mass is 669 g/mol. The summed E-state index contributed by atoms with van der Waals surface area (Å²) in [6.07, 6.45) is -7.33. The minimum absolute atomic E-state index is 0.589. The lowest BCUT2D eigenvalue weighted by atomic mass is 9.77. The van der Waals surface area contributed by atoms with Gasteiger partial charge in [-0.05, 0) is 73.5 Å². The molecule has 4 heterocycles. The van der Waals surface area contributed by atoms with Gasteiger partial charge < -0.3 is 15.3 Å². The molecule has 4 rings (SSSR count). The van der Waals surface area contributed by atoms with E-state index in [0.717, 1.165) is 13.1 Å². The van der Waals surface area contributed by atoms with E-state index >= 15 is 0 Å². The summed E-state index contributed by atoms with van der Waals surface area (Å²) in [6, 6.07) is 8.72. The van der Waals surface area contributed by atoms with Crippen molar-refractivity contribution >= 4 is 29.2 Å². The van der Waals surface area contributed by atoms with Crippen LogP contribution in [0.25, 0.3) is 0 Å². The number of aliphatic carboxylic acids is 3. The number of hydrogen-bond acceptors (Lipinski definition) is 7. The van der Waals surface area contributed by atoms with Crippen molar-refractivity contribution in [2.75, 3.05) is 26.2 Å². The van der Waals surface area contributed by atoms with Crippen LogP contribution in [0.5, 0.6) is 0 Å². The summed E-state index contributed by atoms with van der Waals surface area (Å²) in [5.41, 5.74) is 1.98. The molecule has 0 bridgehead atoms. The molecule has 0 amide bonds. The van der Waals surface area contributed by atoms with Gasteiger partial charge in [-0.3, -0.25) is 14.8 Å². The number of carbonyl (C=O) groups is 3. The van der Waals surface area contributed by atoms with Gasteiger partial charge in [-0.1, -0.05) is 6.07 Å². The first-order valence-electron chi connectivity index (χ1n) is 12.4. The molecule has 248 valence electrons. The molecule has 0 radical (unpaired) electrons. The normalized spacial score (nSPS) is 16.8. The Labute approximate surface area is 248 Å². The maximum Gasteiger partial charge on any atom is 0.490 e. The van der Waals surface area contributed by atoms with E-state index in [1.807, 2.05) is 23.7 Å². The molecule has 0 unspecified atom stereocenters. The van der Waals surface area contributed by atoms with Crippen LogP contribution in [0.4, 0.5) is 39.5 Å². The van der Waals surface area contributed by atoms with E-state index in [4.69, 9.17) is 29.7 Å². The van der Waals surface area contributed by atoms with E-state index in [-0.39, 0.29) is 0 Å². The van der Waals surface area contributed by atoms with Crippen molar-refractivity contribution < 1.29 is 69.2 Å². The number of pyridine rings is 1. The molecule has 2 aromatic heterocycles. The fourth-order valence-electron chi connectivity index (χ4n) is 4.13. The Bertz CT molecular complexity index is 1110. The number of carboxylic acids is 3. The molecule has 0 saturated carbocycles. The largest absolute Gasteiger partial charge is 0.490 e. The predicted molar refractivity (Wildman–Crippen MR) is 136 cm³/mol. The molecule has 0 aromatic carbocycles. The lowest BCUT2D eigenvalue weighted by molar-refractivity contribution is -0.193. The summed E-state index contributed by atoms with van der Waals surface area (Å²) in [7, 11) is 0. The predicted octanol–water partition coefficient (Wildman–Crippen LogP) is 5.53. The van der Waals surface area contributed by atoms with E-state index in [0.29, 0.717) is 5.41 Å². The highest BCUT2D eigenvalue weighted by Gasteiger charge is 2.41. The standard InChI is InChI=1S/C19H25N3S.3C2HF3O2/c1-2-18(23-13-1)15-22-12-7-19(16-22)5-10-21(11-6-19)14-17-3-8-20-9-4-17;3*3-2(4,5)1(6)7/h1-4,8-9,13H,5-7,10-12,14-16H2;3*(H,6,7). The van der Waals surface area contributed by atoms with Gasteiger partial charge in [-0.15, -0.1) is 11.3 Å². The number of likely N-dealkylation sites (tertiary alicyclic amines) is 2. The Morgan fingerprint density at radius 3 is 1.50 bits per heavy atom. The van der Waals surface area contributed by atoms with Crippen molar-refractivity contribution in [2.45, 2.75) is 50.9 Å². The van der Waals surface area contributed by atoms with Crippen molar-refractivity contribution in [3.63, 3.8) is 0 Å². The van der Waals surface area contributed by atoms with Crippen molar-refractivity contribution in [3.8, 4) is 0 Å². The number of thiophene rings is 1. The highest BCUT2D eigenvalue weighted by molar-refractivity contribution is 7.09. The van der Waals surface area contributed by atoms with E-state index in [1.54, 1.807) is 0 Å². The Kier molecular flexibility index (Phi) is 14.5. The van der Waals surface area contributed by atoms with Crippen LogP contribution in [0.2, 0.25) is 0 Å². The van der Waals surface area contributed by atoms with Crippen molar-refractivity contribution in [1.82, 2.24) is 14.8 Å². The van der Waals surface area contributed by atoms with Crippen LogP contribution < -0.4 is 0 Å². The second kappa shape index (κ2) is 16.6. The van der Waals surface area contributed by atoms with Crippen LogP contribution in [-0.2, 0) is 27.5 Å². The summed E-state index contributed by atoms with van der Waals surface area (Å²) in [4.78, 5) is 37.6. The minimum atomic E-state index is -5.08. The fraction of sp³-hybridized carbons (Fsp3) is 0.520. The SMILES string of the molecule is O=C(O)C(F)(F)F.O=C(O)C(F)(F)F.O=C(O)C(F)(F)F.c1csc(CN2CCC3(CCN(Cc4ccncc4)CC3)C2)c1. The number of rotatable bonds is 4. The molecule has 2 aliphatic heterocycles. The van der Waals surface area contributed by atoms with E-state index in [9.17, 15) is 39.5 Å². The zero-order valence-electron chi connectivity index (χ0n) is 22.6. The van der Waals surface area contributed by atoms with E-state index in [1.165, 1.54) is 55.9 Å². The number of nitrogens with zero attached hydrogens (tertiary/aromatic N) is 3. The van der Waals surface area contributed by atoms with Gasteiger partial charge in [0.15, 0.2) is 0 Å². The number of alkyl halides is 9. The molecule has 9 nitrogen and oxygen atoms in total. The quantitative estimate of drug-likeness (QED) is 0.360. The Hall–Kier alpha value is -3.45. The Morgan fingerprint density at radius 2 is 1.14 bits per heavy atom. The maximum absolute atomic E-state index is 10.6. The molecule has 2 aliphatic rings. The molecule has 19 heteroatoms. The van der Waals surface area contributed by atoms with Gasteiger partial charge in [0.1, 0.15) is 0 Å². The summed E-state index contributed by atoms with van der Waals surface area (Å²) >= 11 is 1.89. The topological polar surface area (TPSA) is 131 Å². The Balaban J connectivity index is 0.000000379. The highest BCUT2D eigenvalue weighted by atomic mass is 32.1. The number of carboxylic acid groups (broad SMARTS) is 3. The summed E-state index contributed by atoms with van der Waals surface area (Å²) in [5, 5.41) is 23.6. The van der Waals surface area contributed by atoms with Gasteiger partial charge in [-0.2, -0.15) is 39.5 Å². The van der Waals surface area contributed by atoms with Crippen molar-refractivity contribution in [3.05, 3.63) is 52.5 Å². The molecule has 0 atom stereocenters. The molecule has 3 N–H and O–H groups in total. The molecule has 2 saturated heterocycles. The molecular formula is C25H28F9N3O6S. The van der Waals surface area contributed by atoms with Gasteiger partial charge >= 0.3 is 36.4 Å². The number of halogens is 9. The lowest BCUT2D eigenvalue weighted by Gasteiger charge is -2.39. The van der Waals surface area contributed by atoms with Gasteiger partial charge in [0.05, 0.1) is 0 Å². The first-order chi connectivity index (χ1) is 20.1. The molecule has 44 heavy (non-hydrogen) atoms. The number of piperidine rings is 1. The second-order valence-electron chi connectivity index (χ2n) is 9.58. The first kappa shape index (κ1) is 38.6. The zero-order valence-corrected chi connectivity index (χ0v) is 23.4. The second-order valence-corrected chi connectivity index (χ2v) is 10.6. The first-order valence-corrected chi connectivity index (χ1v) is 13.3. The number of hydrogen-bond donors (Lipinski definition) is 3. The zero-order chi connectivity index (χ0) is 33.8. The maximum atomic E-state index is 10.6. The minimum Gasteiger partial charge on any atom is -0.475 e. The van der Waals surface area contributed by atoms with Crippen molar-refractivity contribution in [2.24, 2.45) is 5.41 Å². The Morgan fingerprint density at radius 1 is 0.727 bits per heavy atom. The smallest absolute Gasteiger partial charge is 0.475 e. The lowest BCUT2D eigenvalue weighted by Crippen LogP contribution is -2.41. The van der Waals surface area contributed by atoms with Gasteiger partial charge in [0, 0.05) is 36.9 Å². The molecule has 2 aromatic rings. The molecule has 2 fully saturated rings. The van der Waals surface area contributed by atoms with E-state index < -0.39 is 36.4 Å². The van der Waals surface area contributed by atoms with Crippen LogP contribution >= 0.6 is 11.3 Å². The third kappa shape index (κ3) is 14.8. The third-order valence-corrected chi connectivity index (χ3v) is 7.14. The van der Waals surface area contributed by atoms with Crippen LogP contribution in [0, 0.1) is 5.41 Å². The van der Waals surface area contributed by atoms with Gasteiger partial charge in [0.2, 0.25) is 0 Å². The fourth-order valence-corrected chi connectivity index (χ4v) is 4.87. The van der Waals surface area contributed by atoms with Crippen LogP contribution in [0.3, 0.4) is 0 Å². The summed E-state index contributed by atoms with van der Waals surface area (Å²) in [5.74, 6) is -8.27. The van der Waals surface area contributed by atoms with Crippen LogP contribution in [-0.4, -0.2) is 92.7 Å². The number of aromatic nitrogens is 1. The summed E-state index contributed by atoms with van der Waals surface area (Å²) < 4.78 is 95.2. The summed E-state index contributed by atoms with van der Waals surface area (Å²) in [6.45, 7) is 7.30. The third-order valence-electron chi connectivity index (χ3n) is 6.28. The van der Waals surface area contributed by atoms with Crippen molar-refractivity contribution in [1.29, 1.82) is 0 Å². The molecular weight excluding hydrogens is 641 g/mol. The van der Waals surface area contributed by atoms with Crippen LogP contribution in [0.1, 0.15) is 29.7 Å². The van der Waals surface area contributed by atoms with E-state index in [2.05, 4.69) is 44.4 Å². The molecule has 0 aliphatic carbocycles. The average Bonchev–Trinajstić information content (AvgIpc) is 3.56. The average molecular weight is 670 g/mol. The highest BCUT2D eigenvalue weighted by Crippen LogP contribution is 2.41.